The lowest BCUT2D eigenvalue weighted by atomic mass is 10.2. The highest BCUT2D eigenvalue weighted by atomic mass is 35.5. The van der Waals surface area contributed by atoms with Crippen LogP contribution in [0.25, 0.3) is 0 Å². The zero-order valence-electron chi connectivity index (χ0n) is 12.5. The molecule has 0 unspecified atom stereocenters. The molecular weight excluding hydrogens is 345 g/mol. The minimum Gasteiger partial charge on any atom is -0.455 e. The van der Waals surface area contributed by atoms with Crippen molar-refractivity contribution in [3.05, 3.63) is 88.4 Å². The number of anilines is 1. The molecule has 0 aromatic heterocycles. The van der Waals surface area contributed by atoms with E-state index in [-0.39, 0.29) is 5.91 Å². The highest BCUT2D eigenvalue weighted by molar-refractivity contribution is 6.36. The Bertz CT molecular complexity index is 866. The van der Waals surface area contributed by atoms with E-state index in [1.165, 1.54) is 6.07 Å². The Morgan fingerprint density at radius 3 is 2.38 bits per heavy atom. The molecular formula is C19H13Cl2NO2. The van der Waals surface area contributed by atoms with Crippen molar-refractivity contribution in [2.45, 2.75) is 0 Å². The first-order chi connectivity index (χ1) is 11.6. The molecule has 5 heteroatoms. The molecule has 0 aliphatic carbocycles. The van der Waals surface area contributed by atoms with Crippen LogP contribution in [0.15, 0.2) is 72.8 Å². The quantitative estimate of drug-likeness (QED) is 0.618. The Labute approximate surface area is 149 Å². The van der Waals surface area contributed by atoms with Crippen LogP contribution in [0.5, 0.6) is 11.5 Å². The molecule has 0 saturated heterocycles. The van der Waals surface area contributed by atoms with E-state index in [9.17, 15) is 4.79 Å². The Morgan fingerprint density at radius 2 is 1.58 bits per heavy atom. The summed E-state index contributed by atoms with van der Waals surface area (Å²) in [7, 11) is 0. The average molecular weight is 358 g/mol. The molecule has 0 radical (unpaired) electrons. The number of carbonyl (C=O) groups excluding carboxylic acids is 1. The van der Waals surface area contributed by atoms with E-state index in [4.69, 9.17) is 27.9 Å². The van der Waals surface area contributed by atoms with Crippen LogP contribution >= 0.6 is 23.2 Å². The number of hydrogen-bond acceptors (Lipinski definition) is 2. The average Bonchev–Trinajstić information content (AvgIpc) is 2.59. The first kappa shape index (κ1) is 16.4. The summed E-state index contributed by atoms with van der Waals surface area (Å²) < 4.78 is 5.83. The summed E-state index contributed by atoms with van der Waals surface area (Å²) in [4.78, 5) is 12.5. The second-order valence-corrected chi connectivity index (χ2v) is 5.83. The highest BCUT2D eigenvalue weighted by Crippen LogP contribution is 2.30. The van der Waals surface area contributed by atoms with Gasteiger partial charge in [-0.2, -0.15) is 0 Å². The SMILES string of the molecule is O=C(Nc1ccccc1Oc1ccccc1)c1cc(Cl)ccc1Cl. The van der Waals surface area contributed by atoms with Gasteiger partial charge >= 0.3 is 0 Å². The van der Waals surface area contributed by atoms with Crippen LogP contribution in [-0.4, -0.2) is 5.91 Å². The third-order valence-corrected chi connectivity index (χ3v) is 3.84. The lowest BCUT2D eigenvalue weighted by molar-refractivity contribution is 0.102. The Kier molecular flexibility index (Phi) is 5.04. The van der Waals surface area contributed by atoms with E-state index in [2.05, 4.69) is 5.32 Å². The second kappa shape index (κ2) is 7.39. The highest BCUT2D eigenvalue weighted by Gasteiger charge is 2.14. The van der Waals surface area contributed by atoms with Gasteiger partial charge in [-0.3, -0.25) is 4.79 Å². The first-order valence-electron chi connectivity index (χ1n) is 7.22. The molecule has 0 aliphatic heterocycles. The van der Waals surface area contributed by atoms with Crippen LogP contribution in [0.4, 0.5) is 5.69 Å². The monoisotopic (exact) mass is 357 g/mol. The third-order valence-electron chi connectivity index (χ3n) is 3.28. The predicted molar refractivity (Wildman–Crippen MR) is 97.4 cm³/mol. The number of rotatable bonds is 4. The Balaban J connectivity index is 1.85. The Hall–Kier alpha value is -2.49. The summed E-state index contributed by atoms with van der Waals surface area (Å²) in [5.41, 5.74) is 0.848. The number of para-hydroxylation sites is 3. The summed E-state index contributed by atoms with van der Waals surface area (Å²) in [5, 5.41) is 3.58. The number of nitrogens with one attached hydrogen (secondary N) is 1. The summed E-state index contributed by atoms with van der Waals surface area (Å²) >= 11 is 12.0. The molecule has 0 bridgehead atoms. The normalized spacial score (nSPS) is 10.2. The van der Waals surface area contributed by atoms with Crippen molar-refractivity contribution < 1.29 is 9.53 Å². The predicted octanol–water partition coefficient (Wildman–Crippen LogP) is 6.04. The topological polar surface area (TPSA) is 38.3 Å². The maximum atomic E-state index is 12.5. The minimum absolute atomic E-state index is 0.304. The van der Waals surface area contributed by atoms with Crippen molar-refractivity contribution in [1.29, 1.82) is 0 Å². The molecule has 0 spiro atoms. The molecule has 3 rings (SSSR count). The zero-order valence-corrected chi connectivity index (χ0v) is 14.0. The molecule has 0 saturated carbocycles. The van der Waals surface area contributed by atoms with Crippen molar-refractivity contribution in [1.82, 2.24) is 0 Å². The lowest BCUT2D eigenvalue weighted by Crippen LogP contribution is -2.13. The molecule has 1 amide bonds. The van der Waals surface area contributed by atoms with Crippen molar-refractivity contribution >= 4 is 34.8 Å². The number of amides is 1. The molecule has 0 aliphatic rings. The van der Waals surface area contributed by atoms with E-state index in [0.29, 0.717) is 32.8 Å². The van der Waals surface area contributed by atoms with Crippen LogP contribution in [-0.2, 0) is 0 Å². The van der Waals surface area contributed by atoms with Gasteiger partial charge in [0.05, 0.1) is 16.3 Å². The van der Waals surface area contributed by atoms with Gasteiger partial charge in [-0.25, -0.2) is 0 Å². The van der Waals surface area contributed by atoms with Crippen LogP contribution in [0.2, 0.25) is 10.0 Å². The van der Waals surface area contributed by atoms with Crippen molar-refractivity contribution in [2.75, 3.05) is 5.32 Å². The standard InChI is InChI=1S/C19H13Cl2NO2/c20-13-10-11-16(21)15(12-13)19(23)22-17-8-4-5-9-18(17)24-14-6-2-1-3-7-14/h1-12H,(H,22,23). The second-order valence-electron chi connectivity index (χ2n) is 4.99. The van der Waals surface area contributed by atoms with Crippen LogP contribution < -0.4 is 10.1 Å². The third kappa shape index (κ3) is 3.88. The van der Waals surface area contributed by atoms with Gasteiger partial charge in [-0.1, -0.05) is 53.5 Å². The molecule has 24 heavy (non-hydrogen) atoms. The number of ether oxygens (including phenoxy) is 1. The van der Waals surface area contributed by atoms with E-state index in [0.717, 1.165) is 0 Å². The van der Waals surface area contributed by atoms with E-state index >= 15 is 0 Å². The van der Waals surface area contributed by atoms with Gasteiger partial charge < -0.3 is 10.1 Å². The molecule has 120 valence electrons. The number of benzene rings is 3. The van der Waals surface area contributed by atoms with Gasteiger partial charge in [0.25, 0.3) is 5.91 Å². The lowest BCUT2D eigenvalue weighted by Gasteiger charge is -2.13. The molecule has 1 N–H and O–H groups in total. The maximum Gasteiger partial charge on any atom is 0.257 e. The van der Waals surface area contributed by atoms with Crippen molar-refractivity contribution in [3.63, 3.8) is 0 Å². The van der Waals surface area contributed by atoms with Crippen LogP contribution in [0.3, 0.4) is 0 Å². The Morgan fingerprint density at radius 1 is 0.875 bits per heavy atom. The van der Waals surface area contributed by atoms with E-state index in [1.54, 1.807) is 24.3 Å². The molecule has 0 atom stereocenters. The largest absolute Gasteiger partial charge is 0.455 e. The summed E-state index contributed by atoms with van der Waals surface area (Å²) in [6, 6.07) is 21.3. The summed E-state index contributed by atoms with van der Waals surface area (Å²) in [5.74, 6) is 0.863. The number of carbonyl (C=O) groups is 1. The van der Waals surface area contributed by atoms with E-state index in [1.807, 2.05) is 42.5 Å². The zero-order chi connectivity index (χ0) is 16.9. The van der Waals surface area contributed by atoms with Gasteiger partial charge in [-0.15, -0.1) is 0 Å². The van der Waals surface area contributed by atoms with Crippen LogP contribution in [0, 0.1) is 0 Å². The van der Waals surface area contributed by atoms with Crippen molar-refractivity contribution in [2.24, 2.45) is 0 Å². The fourth-order valence-electron chi connectivity index (χ4n) is 2.14. The first-order valence-corrected chi connectivity index (χ1v) is 7.97. The molecule has 0 heterocycles. The number of halogens is 2. The van der Waals surface area contributed by atoms with Gasteiger partial charge in [0.2, 0.25) is 0 Å². The van der Waals surface area contributed by atoms with Crippen molar-refractivity contribution in [3.8, 4) is 11.5 Å². The van der Waals surface area contributed by atoms with Gasteiger partial charge in [0.15, 0.2) is 5.75 Å². The summed E-state index contributed by atoms with van der Waals surface area (Å²) in [6.07, 6.45) is 0. The van der Waals surface area contributed by atoms with Gasteiger partial charge in [-0.05, 0) is 42.5 Å². The molecule has 3 aromatic carbocycles. The maximum absolute atomic E-state index is 12.5. The molecule has 0 fully saturated rings. The number of hydrogen-bond donors (Lipinski definition) is 1. The van der Waals surface area contributed by atoms with Gasteiger partial charge in [0.1, 0.15) is 5.75 Å². The molecule has 3 aromatic rings. The fraction of sp³-hybridized carbons (Fsp3) is 0. The smallest absolute Gasteiger partial charge is 0.257 e. The van der Waals surface area contributed by atoms with E-state index < -0.39 is 0 Å². The fourth-order valence-corrected chi connectivity index (χ4v) is 2.51. The molecule has 3 nitrogen and oxygen atoms in total. The summed E-state index contributed by atoms with van der Waals surface area (Å²) in [6.45, 7) is 0. The minimum atomic E-state index is -0.355. The van der Waals surface area contributed by atoms with Crippen LogP contribution in [0.1, 0.15) is 10.4 Å². The van der Waals surface area contributed by atoms with Gasteiger partial charge in [0, 0.05) is 5.02 Å².